The molecule has 0 fully saturated rings. The van der Waals surface area contributed by atoms with Crippen molar-refractivity contribution in [3.8, 4) is 0 Å². The molecule has 8 aromatic rings. The van der Waals surface area contributed by atoms with Gasteiger partial charge in [0.2, 0.25) is 0 Å². The molecular weight excluding hydrogens is 1280 g/mol. The number of unbranched alkanes of at least 4 members (excludes halogenated alkanes) is 6. The molecule has 0 radical (unpaired) electrons. The zero-order valence-electron chi connectivity index (χ0n) is 48.0. The van der Waals surface area contributed by atoms with E-state index in [9.17, 15) is 0 Å². The highest BCUT2D eigenvalue weighted by Crippen LogP contribution is 2.27. The highest BCUT2D eigenvalue weighted by atomic mass is 79.9. The first kappa shape index (κ1) is 69.4. The molecule has 0 bridgehead atoms. The van der Waals surface area contributed by atoms with Crippen molar-refractivity contribution in [3.63, 3.8) is 0 Å². The zero-order chi connectivity index (χ0) is 56.0. The van der Waals surface area contributed by atoms with Crippen molar-refractivity contribution < 1.29 is 64.6 Å². The number of rotatable bonds is 23. The van der Waals surface area contributed by atoms with Crippen LogP contribution >= 0.6 is 15.9 Å². The summed E-state index contributed by atoms with van der Waals surface area (Å²) in [7, 11) is 3.92. The van der Waals surface area contributed by atoms with Crippen molar-refractivity contribution in [1.29, 1.82) is 0 Å². The number of hydrazone groups is 2. The van der Waals surface area contributed by atoms with Crippen LogP contribution in [0.15, 0.2) is 214 Å². The average molecular weight is 1360 g/mol. The average Bonchev–Trinajstić information content (AvgIpc) is 3.48. The van der Waals surface area contributed by atoms with E-state index >= 15 is 0 Å². The van der Waals surface area contributed by atoms with E-state index in [-0.39, 0.29) is 50.9 Å². The topological polar surface area (TPSA) is 157 Å². The molecule has 0 aliphatic carbocycles. The molecule has 4 aromatic carbocycles. The van der Waals surface area contributed by atoms with Gasteiger partial charge in [-0.05, 0) is 136 Å². The number of aromatic nitrogens is 4. The van der Waals surface area contributed by atoms with Gasteiger partial charge >= 0.3 is 0 Å². The van der Waals surface area contributed by atoms with E-state index in [0.717, 1.165) is 110 Å². The normalized spacial score (nSPS) is 10.8. The monoisotopic (exact) mass is 1360 g/mol. The Morgan fingerprint density at radius 3 is 1.10 bits per heavy atom. The van der Waals surface area contributed by atoms with Gasteiger partial charge in [-0.25, -0.2) is 13.7 Å². The molecule has 4 heterocycles. The quantitative estimate of drug-likeness (QED) is 0.0160. The fourth-order valence-corrected chi connectivity index (χ4v) is 8.54. The van der Waals surface area contributed by atoms with E-state index in [2.05, 4.69) is 127 Å². The Labute approximate surface area is 526 Å². The molecule has 0 atom stereocenters. The minimum Gasteiger partial charge on any atom is -1.00 e. The Bertz CT molecular complexity index is 3120. The molecule has 4 N–H and O–H groups in total. The molecule has 14 nitrogen and oxygen atoms in total. The highest BCUT2D eigenvalue weighted by molar-refractivity contribution is 9.09. The molecule has 0 aliphatic heterocycles. The zero-order valence-corrected chi connectivity index (χ0v) is 54.3. The van der Waals surface area contributed by atoms with Gasteiger partial charge in [0, 0.05) is 110 Å². The number of pyridine rings is 4. The fraction of sp³-hybridized carbons (Fsp3) is 0.281. The number of aryl methyl sites for hydroxylation is 7. The van der Waals surface area contributed by atoms with Crippen molar-refractivity contribution in [1.82, 2.24) is 4.98 Å². The van der Waals surface area contributed by atoms with E-state index < -0.39 is 0 Å². The number of halogens is 4. The molecule has 82 heavy (non-hydrogen) atoms. The van der Waals surface area contributed by atoms with Gasteiger partial charge in [-0.2, -0.15) is 30.7 Å². The number of nitrogens with zero attached hydrogens (tertiary/aromatic N) is 12. The second-order valence-electron chi connectivity index (χ2n) is 19.3. The molecule has 0 unspecified atom stereocenters. The predicted molar refractivity (Wildman–Crippen MR) is 329 cm³/mol. The van der Waals surface area contributed by atoms with Crippen molar-refractivity contribution in [2.24, 2.45) is 30.7 Å². The van der Waals surface area contributed by atoms with Crippen LogP contribution in [0.4, 0.5) is 45.5 Å². The van der Waals surface area contributed by atoms with Crippen LogP contribution in [0.2, 0.25) is 0 Å². The summed E-state index contributed by atoms with van der Waals surface area (Å²) in [5.41, 5.74) is 25.2. The number of hydrogen-bond donors (Lipinski definition) is 2. The third-order valence-corrected chi connectivity index (χ3v) is 13.6. The first-order valence-corrected chi connectivity index (χ1v) is 28.2. The maximum atomic E-state index is 6.02. The number of azo groups is 2. The van der Waals surface area contributed by atoms with Crippen molar-refractivity contribution in [2.75, 3.05) is 40.9 Å². The number of para-hydroxylation sites is 2. The largest absolute Gasteiger partial charge is 1.00 e. The molecule has 0 spiro atoms. The van der Waals surface area contributed by atoms with E-state index in [4.69, 9.17) is 11.5 Å². The van der Waals surface area contributed by atoms with Gasteiger partial charge in [0.25, 0.3) is 0 Å². The maximum absolute atomic E-state index is 6.02. The smallest absolute Gasteiger partial charge is 0.171 e. The molecule has 0 amide bonds. The second-order valence-corrected chi connectivity index (χ2v) is 20.1. The van der Waals surface area contributed by atoms with Crippen LogP contribution in [0.5, 0.6) is 0 Å². The lowest BCUT2D eigenvalue weighted by molar-refractivity contribution is -0.698. The number of anilines is 4. The van der Waals surface area contributed by atoms with Gasteiger partial charge in [0.15, 0.2) is 37.2 Å². The first-order valence-electron chi connectivity index (χ1n) is 27.1. The summed E-state index contributed by atoms with van der Waals surface area (Å²) in [6, 6.07) is 44.1. The van der Waals surface area contributed by atoms with Gasteiger partial charge in [-0.15, -0.1) is 0 Å². The molecule has 0 saturated carbocycles. The molecular formula is C64H78Br4N14. The highest BCUT2D eigenvalue weighted by Gasteiger charge is 2.07. The van der Waals surface area contributed by atoms with Crippen molar-refractivity contribution in [2.45, 2.75) is 98.7 Å². The van der Waals surface area contributed by atoms with Crippen molar-refractivity contribution in [3.05, 3.63) is 216 Å². The first-order chi connectivity index (χ1) is 38.4. The fourth-order valence-electron chi connectivity index (χ4n) is 8.15. The molecule has 8 rings (SSSR count). The van der Waals surface area contributed by atoms with Gasteiger partial charge in [-0.3, -0.25) is 15.0 Å². The Morgan fingerprint density at radius 2 is 0.744 bits per heavy atom. The molecule has 432 valence electrons. The maximum Gasteiger partial charge on any atom is 0.171 e. The predicted octanol–water partition coefficient (Wildman–Crippen LogP) is 5.71. The molecule has 4 aromatic heterocycles. The Balaban J connectivity index is 0.000000349. The summed E-state index contributed by atoms with van der Waals surface area (Å²) < 4.78 is 6.69. The summed E-state index contributed by atoms with van der Waals surface area (Å²) >= 11 is 3.47. The van der Waals surface area contributed by atoms with Crippen LogP contribution in [0.1, 0.15) is 84.7 Å². The number of alkyl halides is 1. The van der Waals surface area contributed by atoms with E-state index in [1.165, 1.54) is 44.9 Å². The Morgan fingerprint density at radius 1 is 0.427 bits per heavy atom. The number of benzene rings is 4. The summed E-state index contributed by atoms with van der Waals surface area (Å²) in [4.78, 5) is 3.92. The van der Waals surface area contributed by atoms with Crippen molar-refractivity contribution >= 4 is 73.9 Å². The molecule has 18 heteroatoms. The van der Waals surface area contributed by atoms with Gasteiger partial charge < -0.3 is 62.4 Å². The SMILES string of the molecule is CN(/N=C/c1cc[n+](CCCCCCBr)cc1)c1ccccc1.Cc1cc(N=Nc2cc[n+](CCCCCC[n+]3ccc(/C=N\N(C)c4ccccc4)cc3)cc2)cc(C)c1N.Cc1cc(N=Nc2ccncc2)cc(C)c1N.[Br-].[Br-].[Br-]. The minimum absolute atomic E-state index is 0. The number of nitrogen functional groups attached to an aromatic ring is 2. The van der Waals surface area contributed by atoms with E-state index in [0.29, 0.717) is 0 Å². The lowest BCUT2D eigenvalue weighted by atomic mass is 10.1. The standard InChI is InChI=1S/C32H38N7.C19H25BrN3.C13H14N4.3BrH/c1-26-23-30(24-27(2)32(26)33)36-35-29-15-21-39(22-16-29)18-10-5-4-9-17-38-19-13-28(14-20-38)25-34-37(3)31-11-7-6-8-12-31;1-22(19-9-5-4-6-10-19)21-17-18-11-15-23(16-12-18)14-8-3-2-7-13-20;1-9-7-12(8-10(2)13(9)14)17-16-11-3-5-15-6-4-11;;;/h6-8,11-16,19-25,33H,4-5,9-10,17-18H2,1-3H3;4-6,9-12,15-17H,2-3,7-8,13-14H2,1H3;3-8H,14H2,1-2H3;3*1H/q2*+1;;;;/p-2. The van der Waals surface area contributed by atoms with Crippen LogP contribution in [-0.2, 0) is 19.6 Å². The van der Waals surface area contributed by atoms with Gasteiger partial charge in [0.1, 0.15) is 19.6 Å². The third kappa shape index (κ3) is 25.1. The lowest BCUT2D eigenvalue weighted by Gasteiger charge is -2.11. The van der Waals surface area contributed by atoms with E-state index in [1.807, 2.05) is 161 Å². The molecule has 0 aliphatic rings. The van der Waals surface area contributed by atoms with Crippen LogP contribution in [0.3, 0.4) is 0 Å². The summed E-state index contributed by atoms with van der Waals surface area (Å²) in [5.74, 6) is 0. The summed E-state index contributed by atoms with van der Waals surface area (Å²) in [5, 5.41) is 31.0. The summed E-state index contributed by atoms with van der Waals surface area (Å²) in [6.07, 6.45) is 29.7. The number of nitrogens with two attached hydrogens (primary N) is 2. The molecule has 0 saturated heterocycles. The van der Waals surface area contributed by atoms with Crippen LogP contribution in [0.25, 0.3) is 0 Å². The second kappa shape index (κ2) is 38.8. The Kier molecular flexibility index (Phi) is 32.8. The van der Waals surface area contributed by atoms with Crippen LogP contribution in [0, 0.1) is 27.7 Å². The summed E-state index contributed by atoms with van der Waals surface area (Å²) in [6.45, 7) is 11.0. The van der Waals surface area contributed by atoms with Gasteiger partial charge in [-0.1, -0.05) is 58.7 Å². The number of hydrogen-bond acceptors (Lipinski definition) is 11. The van der Waals surface area contributed by atoms with Crippen LogP contribution in [-0.4, -0.2) is 36.8 Å². The lowest BCUT2D eigenvalue weighted by Crippen LogP contribution is -3.00. The van der Waals surface area contributed by atoms with E-state index in [1.54, 1.807) is 24.5 Å². The Hall–Kier alpha value is -6.86. The minimum atomic E-state index is 0. The van der Waals surface area contributed by atoms with Gasteiger partial charge in [0.05, 0.1) is 46.6 Å². The van der Waals surface area contributed by atoms with Crippen LogP contribution < -0.4 is 86.1 Å². The third-order valence-electron chi connectivity index (χ3n) is 13.0.